The predicted octanol–water partition coefficient (Wildman–Crippen LogP) is 6.50. The Morgan fingerprint density at radius 1 is 1.05 bits per heavy atom. The van der Waals surface area contributed by atoms with Gasteiger partial charge in [-0.05, 0) is 109 Å². The van der Waals surface area contributed by atoms with Gasteiger partial charge in [0.05, 0.1) is 16.6 Å². The third kappa shape index (κ3) is 5.27. The molecule has 210 valence electrons. The first-order valence-corrected chi connectivity index (χ1v) is 15.7. The third-order valence-corrected chi connectivity index (χ3v) is 10.7. The standard InChI is InChI=1S/C33H33ClN4O2S/c34-27-9-17-41-30(27)31(39)36-29-8-6-23-4-5-25(19-26(23)29)32(40)38-16-12-33(21-38)10-14-37(15-11-33)20-22-3-7-28-24(18-22)2-1-13-35-28/h1-5,7,9,13,17-19,29H,6,8,10-12,14-16,20-21H2,(H,36,39). The number of benzene rings is 2. The Labute approximate surface area is 249 Å². The molecule has 1 N–H and O–H groups in total. The lowest BCUT2D eigenvalue weighted by Gasteiger charge is -2.39. The third-order valence-electron chi connectivity index (χ3n) is 9.32. The molecule has 6 nitrogen and oxygen atoms in total. The SMILES string of the molecule is O=C(NC1CCc2ccc(C(=O)N3CCC4(CCN(Cc5ccc6ncccc6c5)CC4)C3)cc21)c1sccc1Cl. The van der Waals surface area contributed by atoms with Crippen molar-refractivity contribution in [3.63, 3.8) is 0 Å². The lowest BCUT2D eigenvalue weighted by molar-refractivity contribution is 0.0713. The van der Waals surface area contributed by atoms with Gasteiger partial charge in [-0.15, -0.1) is 11.3 Å². The molecular weight excluding hydrogens is 552 g/mol. The van der Waals surface area contributed by atoms with Crippen molar-refractivity contribution < 1.29 is 9.59 Å². The van der Waals surface area contributed by atoms with Crippen LogP contribution in [0.2, 0.25) is 5.02 Å². The number of aryl methyl sites for hydroxylation is 1. The molecule has 0 bridgehead atoms. The maximum Gasteiger partial charge on any atom is 0.263 e. The van der Waals surface area contributed by atoms with E-state index in [-0.39, 0.29) is 23.3 Å². The first-order valence-electron chi connectivity index (χ1n) is 14.5. The number of nitrogens with one attached hydrogen (secondary N) is 1. The van der Waals surface area contributed by atoms with Crippen molar-refractivity contribution in [3.05, 3.63) is 98.3 Å². The van der Waals surface area contributed by atoms with E-state index in [0.29, 0.717) is 9.90 Å². The molecule has 7 rings (SSSR count). The smallest absolute Gasteiger partial charge is 0.263 e. The molecule has 1 aliphatic carbocycles. The Kier molecular flexibility index (Phi) is 7.05. The van der Waals surface area contributed by atoms with Gasteiger partial charge in [-0.1, -0.05) is 29.8 Å². The monoisotopic (exact) mass is 584 g/mol. The molecule has 4 heterocycles. The second-order valence-electron chi connectivity index (χ2n) is 11.9. The predicted molar refractivity (Wildman–Crippen MR) is 164 cm³/mol. The maximum atomic E-state index is 13.7. The highest BCUT2D eigenvalue weighted by Crippen LogP contribution is 2.41. The number of likely N-dealkylation sites (tertiary alicyclic amines) is 2. The van der Waals surface area contributed by atoms with Crippen molar-refractivity contribution in [1.29, 1.82) is 0 Å². The Balaban J connectivity index is 0.974. The van der Waals surface area contributed by atoms with Crippen LogP contribution in [0.1, 0.15) is 68.4 Å². The maximum absolute atomic E-state index is 13.7. The number of fused-ring (bicyclic) bond motifs is 2. The number of thiophene rings is 1. The second-order valence-corrected chi connectivity index (χ2v) is 13.2. The molecule has 0 saturated carbocycles. The quantitative estimate of drug-likeness (QED) is 0.291. The largest absolute Gasteiger partial charge is 0.344 e. The zero-order chi connectivity index (χ0) is 28.0. The number of rotatable bonds is 5. The van der Waals surface area contributed by atoms with Gasteiger partial charge < -0.3 is 10.2 Å². The molecule has 2 aliphatic heterocycles. The molecule has 2 saturated heterocycles. The molecule has 3 aliphatic rings. The molecule has 2 aromatic carbocycles. The fourth-order valence-corrected chi connectivity index (χ4v) is 7.98. The number of hydrogen-bond acceptors (Lipinski definition) is 5. The number of carbonyl (C=O) groups excluding carboxylic acids is 2. The van der Waals surface area contributed by atoms with Crippen LogP contribution in [0.4, 0.5) is 0 Å². The molecule has 4 aromatic rings. The number of amides is 2. The Morgan fingerprint density at radius 2 is 1.90 bits per heavy atom. The summed E-state index contributed by atoms with van der Waals surface area (Å²) < 4.78 is 0. The normalized spacial score (nSPS) is 20.0. The molecule has 2 amide bonds. The lowest BCUT2D eigenvalue weighted by atomic mass is 9.77. The summed E-state index contributed by atoms with van der Waals surface area (Å²) in [6, 6.07) is 18.4. The summed E-state index contributed by atoms with van der Waals surface area (Å²) >= 11 is 7.53. The Bertz CT molecular complexity index is 1630. The van der Waals surface area contributed by atoms with Crippen molar-refractivity contribution >= 4 is 45.7 Å². The van der Waals surface area contributed by atoms with E-state index >= 15 is 0 Å². The van der Waals surface area contributed by atoms with Gasteiger partial charge in [-0.25, -0.2) is 0 Å². The van der Waals surface area contributed by atoms with E-state index in [9.17, 15) is 9.59 Å². The van der Waals surface area contributed by atoms with Gasteiger partial charge in [-0.2, -0.15) is 0 Å². The van der Waals surface area contributed by atoms with Crippen LogP contribution in [0.15, 0.2) is 66.2 Å². The second kappa shape index (κ2) is 10.9. The van der Waals surface area contributed by atoms with Crippen molar-refractivity contribution in [1.82, 2.24) is 20.1 Å². The summed E-state index contributed by atoms with van der Waals surface area (Å²) in [7, 11) is 0. The van der Waals surface area contributed by atoms with Crippen LogP contribution in [0.3, 0.4) is 0 Å². The summed E-state index contributed by atoms with van der Waals surface area (Å²) in [4.78, 5) is 36.0. The van der Waals surface area contributed by atoms with Crippen molar-refractivity contribution in [2.75, 3.05) is 26.2 Å². The molecule has 0 radical (unpaired) electrons. The molecule has 1 unspecified atom stereocenters. The highest BCUT2D eigenvalue weighted by molar-refractivity contribution is 7.12. The van der Waals surface area contributed by atoms with Gasteiger partial charge in [0, 0.05) is 36.8 Å². The van der Waals surface area contributed by atoms with E-state index in [0.717, 1.165) is 81.5 Å². The number of pyridine rings is 1. The van der Waals surface area contributed by atoms with Gasteiger partial charge in [-0.3, -0.25) is 19.5 Å². The summed E-state index contributed by atoms with van der Waals surface area (Å²) in [5, 5.41) is 6.64. The Morgan fingerprint density at radius 3 is 2.73 bits per heavy atom. The highest BCUT2D eigenvalue weighted by Gasteiger charge is 2.42. The van der Waals surface area contributed by atoms with Crippen LogP contribution in [0, 0.1) is 5.41 Å². The number of piperidine rings is 1. The molecule has 1 spiro atoms. The van der Waals surface area contributed by atoms with Crippen LogP contribution >= 0.6 is 22.9 Å². The van der Waals surface area contributed by atoms with E-state index in [1.807, 2.05) is 29.8 Å². The van der Waals surface area contributed by atoms with Crippen molar-refractivity contribution in [2.24, 2.45) is 5.41 Å². The summed E-state index contributed by atoms with van der Waals surface area (Å²) in [5.74, 6) is -0.0415. The van der Waals surface area contributed by atoms with Crippen LogP contribution in [0.25, 0.3) is 10.9 Å². The topological polar surface area (TPSA) is 65.5 Å². The first-order chi connectivity index (χ1) is 20.0. The molecule has 1 atom stereocenters. The van der Waals surface area contributed by atoms with E-state index in [1.54, 1.807) is 6.07 Å². The average Bonchev–Trinajstić information content (AvgIpc) is 3.73. The highest BCUT2D eigenvalue weighted by atomic mass is 35.5. The zero-order valence-corrected chi connectivity index (χ0v) is 24.5. The average molecular weight is 585 g/mol. The number of aromatic nitrogens is 1. The van der Waals surface area contributed by atoms with E-state index in [1.165, 1.54) is 27.8 Å². The fourth-order valence-electron chi connectivity index (χ4n) is 6.93. The van der Waals surface area contributed by atoms with Crippen LogP contribution < -0.4 is 5.32 Å². The number of nitrogens with zero attached hydrogens (tertiary/aromatic N) is 3. The van der Waals surface area contributed by atoms with Crippen LogP contribution in [0.5, 0.6) is 0 Å². The minimum atomic E-state index is -0.148. The van der Waals surface area contributed by atoms with Gasteiger partial charge >= 0.3 is 0 Å². The molecule has 41 heavy (non-hydrogen) atoms. The summed E-state index contributed by atoms with van der Waals surface area (Å²) in [6.07, 6.45) is 6.88. The number of carbonyl (C=O) groups is 2. The minimum absolute atomic E-state index is 0.100. The lowest BCUT2D eigenvalue weighted by Crippen LogP contribution is -2.42. The summed E-state index contributed by atoms with van der Waals surface area (Å²) in [5.41, 5.74) is 5.57. The molecule has 8 heteroatoms. The van der Waals surface area contributed by atoms with Crippen molar-refractivity contribution in [2.45, 2.75) is 44.7 Å². The van der Waals surface area contributed by atoms with E-state index < -0.39 is 0 Å². The fraction of sp³-hybridized carbons (Fsp3) is 0.364. The van der Waals surface area contributed by atoms with Crippen LogP contribution in [-0.4, -0.2) is 52.8 Å². The molecule has 2 fully saturated rings. The van der Waals surface area contributed by atoms with Crippen LogP contribution in [-0.2, 0) is 13.0 Å². The molecule has 2 aromatic heterocycles. The molecular formula is C33H33ClN4O2S. The van der Waals surface area contributed by atoms with E-state index in [2.05, 4.69) is 50.4 Å². The van der Waals surface area contributed by atoms with Gasteiger partial charge in [0.25, 0.3) is 11.8 Å². The Hall–Kier alpha value is -3.26. The van der Waals surface area contributed by atoms with Gasteiger partial charge in [0.1, 0.15) is 4.88 Å². The van der Waals surface area contributed by atoms with Crippen molar-refractivity contribution in [3.8, 4) is 0 Å². The summed E-state index contributed by atoms with van der Waals surface area (Å²) in [6.45, 7) is 4.71. The zero-order valence-electron chi connectivity index (χ0n) is 22.9. The van der Waals surface area contributed by atoms with E-state index in [4.69, 9.17) is 11.6 Å². The van der Waals surface area contributed by atoms with Gasteiger partial charge in [0.2, 0.25) is 0 Å². The number of hydrogen-bond donors (Lipinski definition) is 1. The first kappa shape index (κ1) is 26.6. The van der Waals surface area contributed by atoms with Gasteiger partial charge in [0.15, 0.2) is 0 Å². The number of halogens is 1. The minimum Gasteiger partial charge on any atom is -0.344 e.